The summed E-state index contributed by atoms with van der Waals surface area (Å²) >= 11 is 1.55. The summed E-state index contributed by atoms with van der Waals surface area (Å²) in [6.07, 6.45) is 3.46. The number of fused-ring (bicyclic) bond motifs is 1. The molecule has 2 fully saturated rings. The van der Waals surface area contributed by atoms with E-state index in [1.807, 2.05) is 54.6 Å². The Morgan fingerprint density at radius 3 is 2.21 bits per heavy atom. The summed E-state index contributed by atoms with van der Waals surface area (Å²) in [5, 5.41) is 2.87. The molecule has 5 nitrogen and oxygen atoms in total. The Labute approximate surface area is 168 Å². The van der Waals surface area contributed by atoms with Crippen molar-refractivity contribution in [2.75, 3.05) is 11.9 Å². The van der Waals surface area contributed by atoms with Gasteiger partial charge in [-0.05, 0) is 37.1 Å². The van der Waals surface area contributed by atoms with E-state index in [-0.39, 0.29) is 36.1 Å². The highest BCUT2D eigenvalue weighted by Gasteiger charge is 2.48. The van der Waals surface area contributed by atoms with Crippen LogP contribution in [0.5, 0.6) is 0 Å². The Balaban J connectivity index is 1.44. The summed E-state index contributed by atoms with van der Waals surface area (Å²) in [6.45, 7) is -0.213. The SMILES string of the molecule is O=C(CN1C(=O)[C@H]2CCCC[C@H]2C1=O)Nc1ccccc1Sc1ccccc1. The van der Waals surface area contributed by atoms with Crippen LogP contribution in [0.2, 0.25) is 0 Å². The molecule has 1 aliphatic carbocycles. The van der Waals surface area contributed by atoms with Crippen LogP contribution in [0.1, 0.15) is 25.7 Å². The number of amides is 3. The molecule has 2 aromatic rings. The molecule has 0 unspecified atom stereocenters. The smallest absolute Gasteiger partial charge is 0.244 e. The fourth-order valence-corrected chi connectivity index (χ4v) is 4.92. The summed E-state index contributed by atoms with van der Waals surface area (Å²) in [4.78, 5) is 40.9. The van der Waals surface area contributed by atoms with Crippen LogP contribution < -0.4 is 5.32 Å². The maximum Gasteiger partial charge on any atom is 0.244 e. The molecule has 1 aliphatic heterocycles. The second-order valence-electron chi connectivity index (χ2n) is 7.22. The normalized spacial score (nSPS) is 21.5. The molecular weight excluding hydrogens is 372 g/mol. The highest BCUT2D eigenvalue weighted by molar-refractivity contribution is 7.99. The minimum absolute atomic E-state index is 0.184. The largest absolute Gasteiger partial charge is 0.323 e. The molecule has 1 heterocycles. The van der Waals surface area contributed by atoms with Crippen molar-refractivity contribution < 1.29 is 14.4 Å². The second-order valence-corrected chi connectivity index (χ2v) is 8.33. The average molecular weight is 394 g/mol. The van der Waals surface area contributed by atoms with Gasteiger partial charge in [-0.1, -0.05) is 54.9 Å². The lowest BCUT2D eigenvalue weighted by atomic mass is 9.81. The fraction of sp³-hybridized carbons (Fsp3) is 0.318. The standard InChI is InChI=1S/C22H22N2O3S/c25-20(14-24-21(26)16-10-4-5-11-17(16)22(24)27)23-18-12-6-7-13-19(18)28-15-8-2-1-3-9-15/h1-3,6-9,12-13,16-17H,4-5,10-11,14H2,(H,23,25)/t16-,17+. The Bertz CT molecular complexity index is 876. The first-order chi connectivity index (χ1) is 13.6. The molecule has 1 N–H and O–H groups in total. The van der Waals surface area contributed by atoms with Crippen molar-refractivity contribution in [2.24, 2.45) is 11.8 Å². The van der Waals surface area contributed by atoms with Gasteiger partial charge in [-0.3, -0.25) is 19.3 Å². The second kappa shape index (κ2) is 8.19. The predicted molar refractivity (Wildman–Crippen MR) is 108 cm³/mol. The number of nitrogens with one attached hydrogen (secondary N) is 1. The van der Waals surface area contributed by atoms with Gasteiger partial charge in [0.15, 0.2) is 0 Å². The molecular formula is C22H22N2O3S. The molecule has 0 spiro atoms. The number of imide groups is 1. The molecule has 0 radical (unpaired) electrons. The average Bonchev–Trinajstić information content (AvgIpc) is 2.95. The third-order valence-corrected chi connectivity index (χ3v) is 6.45. The minimum atomic E-state index is -0.346. The van der Waals surface area contributed by atoms with Crippen molar-refractivity contribution in [3.8, 4) is 0 Å². The molecule has 0 bridgehead atoms. The number of nitrogens with zero attached hydrogens (tertiary/aromatic N) is 1. The van der Waals surface area contributed by atoms with Gasteiger partial charge in [0, 0.05) is 9.79 Å². The quantitative estimate of drug-likeness (QED) is 0.780. The zero-order valence-corrected chi connectivity index (χ0v) is 16.3. The molecule has 4 rings (SSSR count). The van der Waals surface area contributed by atoms with Crippen molar-refractivity contribution in [3.05, 3.63) is 54.6 Å². The zero-order valence-electron chi connectivity index (χ0n) is 15.5. The number of rotatable bonds is 5. The maximum absolute atomic E-state index is 12.6. The number of likely N-dealkylation sites (tertiary alicyclic amines) is 1. The number of hydrogen-bond acceptors (Lipinski definition) is 4. The van der Waals surface area contributed by atoms with E-state index in [1.54, 1.807) is 11.8 Å². The third-order valence-electron chi connectivity index (χ3n) is 5.37. The first kappa shape index (κ1) is 18.7. The Morgan fingerprint density at radius 1 is 0.929 bits per heavy atom. The van der Waals surface area contributed by atoms with Crippen molar-refractivity contribution in [2.45, 2.75) is 35.5 Å². The lowest BCUT2D eigenvalue weighted by Crippen LogP contribution is -2.38. The van der Waals surface area contributed by atoms with Gasteiger partial charge < -0.3 is 5.32 Å². The van der Waals surface area contributed by atoms with Gasteiger partial charge in [0.25, 0.3) is 0 Å². The highest BCUT2D eigenvalue weighted by Crippen LogP contribution is 2.38. The maximum atomic E-state index is 12.6. The Hall–Kier alpha value is -2.60. The molecule has 28 heavy (non-hydrogen) atoms. The minimum Gasteiger partial charge on any atom is -0.323 e. The van der Waals surface area contributed by atoms with Gasteiger partial charge in [-0.25, -0.2) is 0 Å². The Kier molecular flexibility index (Phi) is 5.48. The summed E-state index contributed by atoms with van der Waals surface area (Å²) < 4.78 is 0. The number of hydrogen-bond donors (Lipinski definition) is 1. The lowest BCUT2D eigenvalue weighted by Gasteiger charge is -2.19. The topological polar surface area (TPSA) is 66.5 Å². The first-order valence-electron chi connectivity index (χ1n) is 9.60. The molecule has 144 valence electrons. The molecule has 3 amide bonds. The monoisotopic (exact) mass is 394 g/mol. The highest BCUT2D eigenvalue weighted by atomic mass is 32.2. The van der Waals surface area contributed by atoms with Gasteiger partial charge in [0.1, 0.15) is 6.54 Å². The molecule has 1 saturated carbocycles. The van der Waals surface area contributed by atoms with E-state index in [0.29, 0.717) is 5.69 Å². The van der Waals surface area contributed by atoms with E-state index in [2.05, 4.69) is 5.32 Å². The van der Waals surface area contributed by atoms with Gasteiger partial charge in [0.2, 0.25) is 17.7 Å². The molecule has 2 aromatic carbocycles. The summed E-state index contributed by atoms with van der Waals surface area (Å²) in [5.41, 5.74) is 0.679. The molecule has 0 aromatic heterocycles. The van der Waals surface area contributed by atoms with Crippen molar-refractivity contribution >= 4 is 35.2 Å². The zero-order chi connectivity index (χ0) is 19.5. The predicted octanol–water partition coefficient (Wildman–Crippen LogP) is 3.95. The van der Waals surface area contributed by atoms with E-state index in [1.165, 1.54) is 0 Å². The number of anilines is 1. The number of carbonyl (C=O) groups is 3. The van der Waals surface area contributed by atoms with Crippen LogP contribution in [0.3, 0.4) is 0 Å². The van der Waals surface area contributed by atoms with Crippen molar-refractivity contribution in [3.63, 3.8) is 0 Å². The Morgan fingerprint density at radius 2 is 1.54 bits per heavy atom. The van der Waals surface area contributed by atoms with E-state index in [0.717, 1.165) is 40.4 Å². The first-order valence-corrected chi connectivity index (χ1v) is 10.4. The van der Waals surface area contributed by atoms with E-state index >= 15 is 0 Å². The summed E-state index contributed by atoms with van der Waals surface area (Å²) in [7, 11) is 0. The van der Waals surface area contributed by atoms with Gasteiger partial charge in [-0.2, -0.15) is 0 Å². The molecule has 2 atom stereocenters. The van der Waals surface area contributed by atoms with Crippen LogP contribution in [0.4, 0.5) is 5.69 Å². The third kappa shape index (κ3) is 3.83. The van der Waals surface area contributed by atoms with Crippen molar-refractivity contribution in [1.82, 2.24) is 4.90 Å². The molecule has 2 aliphatic rings. The van der Waals surface area contributed by atoms with E-state index in [9.17, 15) is 14.4 Å². The lowest BCUT2D eigenvalue weighted by molar-refractivity contribution is -0.142. The number of carbonyl (C=O) groups excluding carboxylic acids is 3. The van der Waals surface area contributed by atoms with Crippen LogP contribution in [-0.4, -0.2) is 29.2 Å². The molecule has 6 heteroatoms. The van der Waals surface area contributed by atoms with Crippen LogP contribution >= 0.6 is 11.8 Å². The van der Waals surface area contributed by atoms with Gasteiger partial charge in [-0.15, -0.1) is 0 Å². The van der Waals surface area contributed by atoms with Crippen LogP contribution in [0, 0.1) is 11.8 Å². The van der Waals surface area contributed by atoms with Crippen LogP contribution in [-0.2, 0) is 14.4 Å². The van der Waals surface area contributed by atoms with Gasteiger partial charge >= 0.3 is 0 Å². The summed E-state index contributed by atoms with van der Waals surface area (Å²) in [5.74, 6) is -1.17. The fourth-order valence-electron chi connectivity index (χ4n) is 3.99. The van der Waals surface area contributed by atoms with E-state index < -0.39 is 0 Å². The number of para-hydroxylation sites is 1. The number of benzene rings is 2. The summed E-state index contributed by atoms with van der Waals surface area (Å²) in [6, 6.07) is 17.4. The van der Waals surface area contributed by atoms with Gasteiger partial charge in [0.05, 0.1) is 17.5 Å². The van der Waals surface area contributed by atoms with Crippen LogP contribution in [0.25, 0.3) is 0 Å². The van der Waals surface area contributed by atoms with E-state index in [4.69, 9.17) is 0 Å². The molecule has 1 saturated heterocycles. The van der Waals surface area contributed by atoms with Crippen LogP contribution in [0.15, 0.2) is 64.4 Å². The van der Waals surface area contributed by atoms with Crippen molar-refractivity contribution in [1.29, 1.82) is 0 Å².